The van der Waals surface area contributed by atoms with Crippen LogP contribution in [-0.2, 0) is 28.3 Å². The fraction of sp³-hybridized carbons (Fsp3) is 0.812. The average molecular weight is 379 g/mol. The highest BCUT2D eigenvalue weighted by molar-refractivity contribution is 7.86. The second-order valence-corrected chi connectivity index (χ2v) is 14.0. The third-order valence-corrected chi connectivity index (χ3v) is 9.47. The van der Waals surface area contributed by atoms with Crippen LogP contribution in [0, 0.1) is 0 Å². The molecular weight excluding hydrogens is 348 g/mol. The van der Waals surface area contributed by atoms with E-state index >= 15 is 0 Å². The normalized spacial score (nSPS) is 20.0. The zero-order valence-electron chi connectivity index (χ0n) is 15.8. The number of rotatable bonds is 6. The molecule has 1 aliphatic rings. The lowest BCUT2D eigenvalue weighted by Gasteiger charge is -2.39. The van der Waals surface area contributed by atoms with E-state index in [1.165, 1.54) is 0 Å². The van der Waals surface area contributed by atoms with Crippen molar-refractivity contribution in [2.24, 2.45) is 0 Å². The van der Waals surface area contributed by atoms with Crippen LogP contribution >= 0.6 is 0 Å². The minimum Gasteiger partial charge on any atom is -0.546 e. The molecular formula is C16H30O6SSi. The number of ether oxygens (including phenoxy) is 1. The molecule has 0 bridgehead atoms. The summed E-state index contributed by atoms with van der Waals surface area (Å²) in [5.74, 6) is 0.143. The second kappa shape index (κ2) is 7.57. The van der Waals surface area contributed by atoms with E-state index in [1.54, 1.807) is 6.92 Å². The summed E-state index contributed by atoms with van der Waals surface area (Å²) in [7, 11) is -5.71. The van der Waals surface area contributed by atoms with Gasteiger partial charge in [-0.15, -0.1) is 0 Å². The Morgan fingerprint density at radius 2 is 1.88 bits per heavy atom. The minimum atomic E-state index is -3.55. The van der Waals surface area contributed by atoms with Gasteiger partial charge in [0, 0.05) is 6.42 Å². The van der Waals surface area contributed by atoms with Gasteiger partial charge >= 0.3 is 5.97 Å². The van der Waals surface area contributed by atoms with E-state index in [4.69, 9.17) is 13.3 Å². The monoisotopic (exact) mass is 378 g/mol. The Balaban J connectivity index is 3.12. The number of hydrogen-bond donors (Lipinski definition) is 0. The Morgan fingerprint density at radius 1 is 1.29 bits per heavy atom. The molecule has 1 rings (SSSR count). The van der Waals surface area contributed by atoms with Crippen LogP contribution < -0.4 is 0 Å². The number of esters is 1. The Bertz CT molecular complexity index is 601. The summed E-state index contributed by atoms with van der Waals surface area (Å²) < 4.78 is 39.4. The van der Waals surface area contributed by atoms with Gasteiger partial charge in [0.15, 0.2) is 0 Å². The largest absolute Gasteiger partial charge is 0.546 e. The van der Waals surface area contributed by atoms with Gasteiger partial charge in [0.05, 0.1) is 30.3 Å². The molecule has 24 heavy (non-hydrogen) atoms. The summed E-state index contributed by atoms with van der Waals surface area (Å²) in [4.78, 5) is 12.2. The first-order valence-electron chi connectivity index (χ1n) is 8.23. The first-order valence-corrected chi connectivity index (χ1v) is 13.0. The summed E-state index contributed by atoms with van der Waals surface area (Å²) in [6, 6.07) is 0. The van der Waals surface area contributed by atoms with Crippen molar-refractivity contribution in [3.8, 4) is 0 Å². The van der Waals surface area contributed by atoms with Gasteiger partial charge < -0.3 is 9.16 Å². The summed E-state index contributed by atoms with van der Waals surface area (Å²) in [5, 5.41) is -0.0373. The van der Waals surface area contributed by atoms with Gasteiger partial charge in [0.25, 0.3) is 10.1 Å². The van der Waals surface area contributed by atoms with Crippen molar-refractivity contribution in [2.45, 2.75) is 71.2 Å². The van der Waals surface area contributed by atoms with E-state index in [9.17, 15) is 13.2 Å². The molecule has 6 nitrogen and oxygen atoms in total. The first-order chi connectivity index (χ1) is 10.8. The molecule has 0 N–H and O–H groups in total. The topological polar surface area (TPSA) is 78.9 Å². The third kappa shape index (κ3) is 5.89. The molecule has 0 amide bonds. The van der Waals surface area contributed by atoms with Gasteiger partial charge in [-0.3, -0.25) is 4.18 Å². The van der Waals surface area contributed by atoms with Crippen molar-refractivity contribution in [2.75, 3.05) is 12.9 Å². The van der Waals surface area contributed by atoms with Gasteiger partial charge in [-0.05, 0) is 37.9 Å². The van der Waals surface area contributed by atoms with Crippen molar-refractivity contribution >= 4 is 24.4 Å². The molecule has 1 atom stereocenters. The Labute approximate surface area is 146 Å². The molecule has 0 saturated carbocycles. The molecule has 1 unspecified atom stereocenters. The van der Waals surface area contributed by atoms with Crippen LogP contribution in [0.2, 0.25) is 18.1 Å². The highest BCUT2D eigenvalue weighted by atomic mass is 32.2. The van der Waals surface area contributed by atoms with Gasteiger partial charge in [-0.25, -0.2) is 4.79 Å². The number of carbonyl (C=O) groups is 1. The lowest BCUT2D eigenvalue weighted by Crippen LogP contribution is -2.42. The highest BCUT2D eigenvalue weighted by Crippen LogP contribution is 2.41. The molecule has 0 aromatic rings. The van der Waals surface area contributed by atoms with Gasteiger partial charge in [0.2, 0.25) is 8.32 Å². The van der Waals surface area contributed by atoms with Crippen LogP contribution in [0.3, 0.4) is 0 Å². The molecule has 0 fully saturated rings. The molecule has 1 aliphatic carbocycles. The van der Waals surface area contributed by atoms with E-state index < -0.39 is 24.5 Å². The Morgan fingerprint density at radius 3 is 2.33 bits per heavy atom. The van der Waals surface area contributed by atoms with Crippen LogP contribution in [0.15, 0.2) is 11.3 Å². The summed E-state index contributed by atoms with van der Waals surface area (Å²) in [5.41, 5.74) is 0.509. The zero-order chi connectivity index (χ0) is 18.8. The predicted molar refractivity (Wildman–Crippen MR) is 95.5 cm³/mol. The average Bonchev–Trinajstić information content (AvgIpc) is 2.35. The van der Waals surface area contributed by atoms with Crippen LogP contribution in [0.4, 0.5) is 0 Å². The van der Waals surface area contributed by atoms with Crippen LogP contribution in [0.5, 0.6) is 0 Å². The van der Waals surface area contributed by atoms with Crippen LogP contribution in [0.25, 0.3) is 0 Å². The van der Waals surface area contributed by atoms with Crippen molar-refractivity contribution in [3.63, 3.8) is 0 Å². The summed E-state index contributed by atoms with van der Waals surface area (Å²) >= 11 is 0. The summed E-state index contributed by atoms with van der Waals surface area (Å²) in [6.07, 6.45) is 1.65. The molecule has 0 aromatic carbocycles. The maximum atomic E-state index is 12.2. The van der Waals surface area contributed by atoms with Crippen LogP contribution in [0.1, 0.15) is 47.0 Å². The van der Waals surface area contributed by atoms with E-state index in [2.05, 4.69) is 33.9 Å². The summed E-state index contributed by atoms with van der Waals surface area (Å²) in [6.45, 7) is 12.5. The van der Waals surface area contributed by atoms with Gasteiger partial charge in [-0.2, -0.15) is 8.42 Å². The van der Waals surface area contributed by atoms with E-state index in [1.807, 2.05) is 0 Å². The molecule has 0 aliphatic heterocycles. The van der Waals surface area contributed by atoms with Crippen molar-refractivity contribution in [1.29, 1.82) is 0 Å². The molecule has 0 spiro atoms. The van der Waals surface area contributed by atoms with E-state index in [0.29, 0.717) is 30.8 Å². The van der Waals surface area contributed by atoms with E-state index in [-0.39, 0.29) is 17.4 Å². The zero-order valence-corrected chi connectivity index (χ0v) is 17.6. The van der Waals surface area contributed by atoms with Crippen molar-refractivity contribution in [1.82, 2.24) is 0 Å². The predicted octanol–water partition coefficient (Wildman–Crippen LogP) is 3.35. The number of carbonyl (C=O) groups excluding carboxylic acids is 1. The molecule has 140 valence electrons. The van der Waals surface area contributed by atoms with Gasteiger partial charge in [-0.1, -0.05) is 20.8 Å². The quantitative estimate of drug-likeness (QED) is 0.401. The maximum absolute atomic E-state index is 12.2. The maximum Gasteiger partial charge on any atom is 0.337 e. The smallest absolute Gasteiger partial charge is 0.337 e. The SMILES string of the molecule is CCOC(=O)C1=C(O[Si](C)(C)C(C)(C)C)CC(OS(C)(=O)=O)CC1. The third-order valence-electron chi connectivity index (χ3n) is 4.48. The molecule has 0 saturated heterocycles. The van der Waals surface area contributed by atoms with Gasteiger partial charge in [0.1, 0.15) is 0 Å². The lowest BCUT2D eigenvalue weighted by atomic mass is 9.95. The first kappa shape index (κ1) is 21.2. The lowest BCUT2D eigenvalue weighted by molar-refractivity contribution is -0.139. The Kier molecular flexibility index (Phi) is 6.68. The standard InChI is InChI=1S/C16H30O6SSi/c1-8-20-15(17)13-10-9-12(21-23(5,18)19)11-14(13)22-24(6,7)16(2,3)4/h12H,8-11H2,1-7H3. The van der Waals surface area contributed by atoms with Crippen molar-refractivity contribution in [3.05, 3.63) is 11.3 Å². The Hall–Kier alpha value is -0.863. The van der Waals surface area contributed by atoms with Crippen LogP contribution in [-0.4, -0.2) is 41.7 Å². The fourth-order valence-electron chi connectivity index (χ4n) is 2.20. The second-order valence-electron chi connectivity index (χ2n) is 7.65. The number of hydrogen-bond acceptors (Lipinski definition) is 6. The molecule has 8 heteroatoms. The highest BCUT2D eigenvalue weighted by Gasteiger charge is 2.41. The fourth-order valence-corrected chi connectivity index (χ4v) is 3.99. The van der Waals surface area contributed by atoms with E-state index in [0.717, 1.165) is 6.26 Å². The van der Waals surface area contributed by atoms with Crippen molar-refractivity contribution < 1.29 is 26.6 Å². The molecule has 0 radical (unpaired) electrons. The minimum absolute atomic E-state index is 0.0373. The molecule has 0 heterocycles. The molecule has 0 aromatic heterocycles.